The first-order valence-electron chi connectivity index (χ1n) is 9.50. The lowest BCUT2D eigenvalue weighted by Crippen LogP contribution is -2.44. The number of benzene rings is 2. The van der Waals surface area contributed by atoms with E-state index in [1.165, 1.54) is 4.31 Å². The van der Waals surface area contributed by atoms with E-state index in [1.54, 1.807) is 24.3 Å². The molecule has 1 heterocycles. The van der Waals surface area contributed by atoms with Gasteiger partial charge in [-0.3, -0.25) is 4.79 Å². The van der Waals surface area contributed by atoms with Crippen molar-refractivity contribution in [2.24, 2.45) is 5.92 Å². The first-order chi connectivity index (χ1) is 13.4. The SMILES string of the molecule is CCc1ccccc1NC(=O)[C@@H]1CCCN(S(=O)(=O)Cc2ccccc2Cl)C1. The standard InChI is InChI=1S/C21H25ClN2O3S/c1-2-16-8-4-6-12-20(16)23-21(25)17-10-7-13-24(14-17)28(26,27)15-18-9-3-5-11-19(18)22/h3-6,8-9,11-12,17H,2,7,10,13-15H2,1H3,(H,23,25)/t17-/m1/s1. The minimum atomic E-state index is -3.54. The third kappa shape index (κ3) is 4.93. The molecular weight excluding hydrogens is 396 g/mol. The lowest BCUT2D eigenvalue weighted by atomic mass is 9.98. The number of anilines is 1. The van der Waals surface area contributed by atoms with Crippen molar-refractivity contribution in [3.8, 4) is 0 Å². The number of halogens is 1. The highest BCUT2D eigenvalue weighted by molar-refractivity contribution is 7.88. The van der Waals surface area contributed by atoms with Crippen LogP contribution in [0, 0.1) is 5.92 Å². The highest BCUT2D eigenvalue weighted by atomic mass is 35.5. The molecule has 5 nitrogen and oxygen atoms in total. The Morgan fingerprint density at radius 1 is 1.14 bits per heavy atom. The number of carbonyl (C=O) groups excluding carboxylic acids is 1. The molecule has 1 aliphatic rings. The van der Waals surface area contributed by atoms with E-state index in [1.807, 2.05) is 31.2 Å². The molecule has 1 saturated heterocycles. The van der Waals surface area contributed by atoms with Gasteiger partial charge in [-0.1, -0.05) is 54.9 Å². The Kier molecular flexibility index (Phi) is 6.75. The Hall–Kier alpha value is -1.89. The predicted molar refractivity (Wildman–Crippen MR) is 113 cm³/mol. The number of carbonyl (C=O) groups is 1. The van der Waals surface area contributed by atoms with Gasteiger partial charge in [-0.2, -0.15) is 0 Å². The highest BCUT2D eigenvalue weighted by Crippen LogP contribution is 2.25. The van der Waals surface area contributed by atoms with E-state index in [9.17, 15) is 13.2 Å². The van der Waals surface area contributed by atoms with Crippen LogP contribution in [0.4, 0.5) is 5.69 Å². The van der Waals surface area contributed by atoms with Crippen LogP contribution in [-0.2, 0) is 27.0 Å². The average molecular weight is 421 g/mol. The van der Waals surface area contributed by atoms with Crippen molar-refractivity contribution in [1.82, 2.24) is 4.31 Å². The van der Waals surface area contributed by atoms with Crippen molar-refractivity contribution >= 4 is 33.2 Å². The van der Waals surface area contributed by atoms with E-state index in [2.05, 4.69) is 5.32 Å². The summed E-state index contributed by atoms with van der Waals surface area (Å²) in [5.41, 5.74) is 2.44. The molecule has 1 N–H and O–H groups in total. The van der Waals surface area contributed by atoms with Gasteiger partial charge in [-0.15, -0.1) is 0 Å². The molecule has 0 bridgehead atoms. The predicted octanol–water partition coefficient (Wildman–Crippen LogP) is 4.08. The Morgan fingerprint density at radius 3 is 2.54 bits per heavy atom. The van der Waals surface area contributed by atoms with Gasteiger partial charge in [-0.05, 0) is 42.5 Å². The lowest BCUT2D eigenvalue weighted by molar-refractivity contribution is -0.120. The molecule has 1 fully saturated rings. The average Bonchev–Trinajstić information content (AvgIpc) is 2.70. The van der Waals surface area contributed by atoms with Gasteiger partial charge in [0.25, 0.3) is 0 Å². The van der Waals surface area contributed by atoms with Gasteiger partial charge in [0.05, 0.1) is 11.7 Å². The normalized spacial score (nSPS) is 18.0. The smallest absolute Gasteiger partial charge is 0.228 e. The monoisotopic (exact) mass is 420 g/mol. The summed E-state index contributed by atoms with van der Waals surface area (Å²) < 4.78 is 27.2. The molecule has 0 saturated carbocycles. The Bertz CT molecular complexity index is 946. The summed E-state index contributed by atoms with van der Waals surface area (Å²) in [5, 5.41) is 3.42. The van der Waals surface area contributed by atoms with Crippen molar-refractivity contribution in [3.63, 3.8) is 0 Å². The maximum absolute atomic E-state index is 12.9. The van der Waals surface area contributed by atoms with E-state index in [0.29, 0.717) is 30.0 Å². The van der Waals surface area contributed by atoms with Gasteiger partial charge in [-0.25, -0.2) is 12.7 Å². The second kappa shape index (κ2) is 9.07. The second-order valence-electron chi connectivity index (χ2n) is 7.04. The topological polar surface area (TPSA) is 66.5 Å². The maximum atomic E-state index is 12.9. The summed E-state index contributed by atoms with van der Waals surface area (Å²) >= 11 is 6.12. The van der Waals surface area contributed by atoms with Crippen molar-refractivity contribution in [2.75, 3.05) is 18.4 Å². The molecule has 1 aliphatic heterocycles. The number of hydrogen-bond acceptors (Lipinski definition) is 3. The molecule has 2 aromatic carbocycles. The van der Waals surface area contributed by atoms with Crippen molar-refractivity contribution < 1.29 is 13.2 Å². The summed E-state index contributed by atoms with van der Waals surface area (Å²) in [5.74, 6) is -0.641. The summed E-state index contributed by atoms with van der Waals surface area (Å²) in [6.45, 7) is 2.67. The van der Waals surface area contributed by atoms with Crippen LogP contribution < -0.4 is 5.32 Å². The fourth-order valence-corrected chi connectivity index (χ4v) is 5.42. The maximum Gasteiger partial charge on any atom is 0.228 e. The largest absolute Gasteiger partial charge is 0.326 e. The van der Waals surface area contributed by atoms with Crippen LogP contribution in [0.3, 0.4) is 0 Å². The van der Waals surface area contributed by atoms with E-state index in [4.69, 9.17) is 11.6 Å². The fraction of sp³-hybridized carbons (Fsp3) is 0.381. The summed E-state index contributed by atoms with van der Waals surface area (Å²) in [6, 6.07) is 14.6. The molecule has 3 rings (SSSR count). The number of aryl methyl sites for hydroxylation is 1. The summed E-state index contributed by atoms with van der Waals surface area (Å²) in [7, 11) is -3.54. The zero-order valence-corrected chi connectivity index (χ0v) is 17.5. The molecule has 150 valence electrons. The van der Waals surface area contributed by atoms with Gasteiger partial charge < -0.3 is 5.32 Å². The van der Waals surface area contributed by atoms with Crippen LogP contribution in [0.2, 0.25) is 5.02 Å². The van der Waals surface area contributed by atoms with Gasteiger partial charge in [0.15, 0.2) is 0 Å². The van der Waals surface area contributed by atoms with Crippen LogP contribution in [0.1, 0.15) is 30.9 Å². The molecule has 0 radical (unpaired) electrons. The number of piperidine rings is 1. The third-order valence-corrected chi connectivity index (χ3v) is 7.26. The minimum absolute atomic E-state index is 0.126. The molecule has 0 aromatic heterocycles. The quantitative estimate of drug-likeness (QED) is 0.765. The van der Waals surface area contributed by atoms with E-state index < -0.39 is 10.0 Å². The molecule has 1 amide bonds. The molecule has 0 aliphatic carbocycles. The zero-order valence-electron chi connectivity index (χ0n) is 15.9. The van der Waals surface area contributed by atoms with Gasteiger partial charge in [0, 0.05) is 23.8 Å². The van der Waals surface area contributed by atoms with Gasteiger partial charge in [0.2, 0.25) is 15.9 Å². The van der Waals surface area contributed by atoms with E-state index in [-0.39, 0.29) is 24.1 Å². The first-order valence-corrected chi connectivity index (χ1v) is 11.5. The number of nitrogens with one attached hydrogen (secondary N) is 1. The van der Waals surface area contributed by atoms with E-state index in [0.717, 1.165) is 17.7 Å². The Morgan fingerprint density at radius 2 is 1.82 bits per heavy atom. The van der Waals surface area contributed by atoms with Crippen LogP contribution in [0.5, 0.6) is 0 Å². The molecule has 7 heteroatoms. The first kappa shape index (κ1) is 20.8. The molecule has 28 heavy (non-hydrogen) atoms. The Labute approximate surface area is 171 Å². The number of amides is 1. The van der Waals surface area contributed by atoms with Crippen LogP contribution in [0.25, 0.3) is 0 Å². The van der Waals surface area contributed by atoms with Crippen LogP contribution >= 0.6 is 11.6 Å². The lowest BCUT2D eigenvalue weighted by Gasteiger charge is -2.31. The number of hydrogen-bond donors (Lipinski definition) is 1. The Balaban J connectivity index is 1.69. The number of para-hydroxylation sites is 1. The third-order valence-electron chi connectivity index (χ3n) is 5.10. The number of sulfonamides is 1. The summed E-state index contributed by atoms with van der Waals surface area (Å²) in [6.07, 6.45) is 2.16. The van der Waals surface area contributed by atoms with Gasteiger partial charge in [0.1, 0.15) is 0 Å². The van der Waals surface area contributed by atoms with E-state index >= 15 is 0 Å². The number of nitrogens with zero attached hydrogens (tertiary/aromatic N) is 1. The second-order valence-corrected chi connectivity index (χ2v) is 9.42. The molecule has 0 unspecified atom stereocenters. The fourth-order valence-electron chi connectivity index (χ4n) is 3.50. The van der Waals surface area contributed by atoms with Crippen molar-refractivity contribution in [1.29, 1.82) is 0 Å². The van der Waals surface area contributed by atoms with Crippen molar-refractivity contribution in [3.05, 3.63) is 64.7 Å². The van der Waals surface area contributed by atoms with Gasteiger partial charge >= 0.3 is 0 Å². The minimum Gasteiger partial charge on any atom is -0.326 e. The molecule has 0 spiro atoms. The number of rotatable bonds is 6. The van der Waals surface area contributed by atoms with Crippen LogP contribution in [-0.4, -0.2) is 31.7 Å². The highest BCUT2D eigenvalue weighted by Gasteiger charge is 2.32. The molecule has 2 aromatic rings. The van der Waals surface area contributed by atoms with Crippen LogP contribution in [0.15, 0.2) is 48.5 Å². The molecule has 1 atom stereocenters. The summed E-state index contributed by atoms with van der Waals surface area (Å²) in [4.78, 5) is 12.8. The molecular formula is C21H25ClN2O3S. The van der Waals surface area contributed by atoms with Crippen molar-refractivity contribution in [2.45, 2.75) is 31.9 Å². The zero-order chi connectivity index (χ0) is 20.1.